The van der Waals surface area contributed by atoms with E-state index in [9.17, 15) is 19.2 Å². The third-order valence-electron chi connectivity index (χ3n) is 24.7. The number of methoxy groups -OCH3 is 1. The van der Waals surface area contributed by atoms with Crippen LogP contribution in [0.2, 0.25) is 0 Å². The summed E-state index contributed by atoms with van der Waals surface area (Å²) in [4.78, 5) is 95.3. The van der Waals surface area contributed by atoms with Crippen molar-refractivity contribution in [1.82, 2.24) is 143 Å². The molecule has 5 aliphatic rings. The fourth-order valence-electron chi connectivity index (χ4n) is 17.7. The van der Waals surface area contributed by atoms with Gasteiger partial charge in [0.2, 0.25) is 0 Å². The number of rotatable bonds is 4. The zero-order valence-corrected chi connectivity index (χ0v) is 72.8. The molecule has 35 nitrogen and oxygen atoms in total. The van der Waals surface area contributed by atoms with Gasteiger partial charge in [-0.15, -0.1) is 0 Å². The van der Waals surface area contributed by atoms with Gasteiger partial charge in [-0.25, -0.2) is 19.9 Å². The second kappa shape index (κ2) is 34.8. The van der Waals surface area contributed by atoms with Gasteiger partial charge >= 0.3 is 0 Å². The van der Waals surface area contributed by atoms with Crippen molar-refractivity contribution in [3.8, 4) is 89.0 Å². The Morgan fingerprint density at radius 3 is 1.14 bits per heavy atom. The van der Waals surface area contributed by atoms with E-state index >= 15 is 0 Å². The summed E-state index contributed by atoms with van der Waals surface area (Å²) in [6.07, 6.45) is 38.6. The summed E-state index contributed by atoms with van der Waals surface area (Å²) in [5, 5.41) is 44.5. The van der Waals surface area contributed by atoms with Crippen LogP contribution in [-0.4, -0.2) is 243 Å². The monoisotopic (exact) mass is 1690 g/mol. The van der Waals surface area contributed by atoms with E-state index in [1.807, 2.05) is 128 Å². The predicted octanol–water partition coefficient (Wildman–Crippen LogP) is 13.1. The smallest absolute Gasteiger partial charge is 0.275 e. The molecule has 0 saturated carbocycles. The number of H-pyrrole nitrogens is 4. The number of carbonyl (C=O) groups excluding carboxylic acids is 4. The van der Waals surface area contributed by atoms with Crippen molar-refractivity contribution in [1.29, 1.82) is 0 Å². The minimum absolute atomic E-state index is 0.0384. The van der Waals surface area contributed by atoms with Crippen LogP contribution >= 0.6 is 0 Å². The number of aromatic nitrogens is 24. The van der Waals surface area contributed by atoms with Gasteiger partial charge in [-0.05, 0) is 135 Å². The molecule has 0 spiro atoms. The van der Waals surface area contributed by atoms with Crippen LogP contribution in [0.15, 0.2) is 117 Å². The third-order valence-corrected chi connectivity index (χ3v) is 24.7. The summed E-state index contributed by atoms with van der Waals surface area (Å²) >= 11 is 0. The molecule has 1 fully saturated rings. The van der Waals surface area contributed by atoms with E-state index in [1.165, 1.54) is 4.68 Å². The minimum atomic E-state index is -0.193. The third kappa shape index (κ3) is 16.1. The summed E-state index contributed by atoms with van der Waals surface area (Å²) in [6, 6.07) is 8.57. The van der Waals surface area contributed by atoms with Gasteiger partial charge in [-0.2, -0.15) is 40.4 Å². The predicted molar refractivity (Wildman–Crippen MR) is 479 cm³/mol. The van der Waals surface area contributed by atoms with Crippen LogP contribution in [0.3, 0.4) is 0 Å². The standard InChI is InChI=1S/C25H30N8O.C23H27N7O2.C22H22N8O.C21H23N7O/c1-16-21-14-32(29-16)10-4-3-9-31(2)25(34)23-22(15-33(30-23)18-5-7-26-8-6-18)17-11-19-20(21)13-28-24(19)27-12-17;1-15-19-13-29(26-15)7-5-4-6-28(2)23(31)21-20(14-30(27-21)8-9-32-3)16-10-17-18(19)12-25-22(17)24-11-16;1-13-17-12-30(26-13)8-6-5-7-28(3)22(31)19-18(21(23-2)29(4)27-19)14-9-15-16(17)11-25-20(15)24-10-14;1-13-17-12-28(24-13)7-5-4-6-26(2)21(29)19-18(11-27(3)25-19)14-8-15-16(17)10-23-20(15)22-9-14/h11-15,18,26H,3-10H2,1-2H3,(H,27,28);10-14H,4-9H2,1-3H3,(H,24,25);9-12H,5-8H2,1,3-4H3,(H,24,25);8-12H,4-7H2,1-3H3,(H,22,23). The molecule has 1 saturated heterocycles. The van der Waals surface area contributed by atoms with Gasteiger partial charge < -0.3 is 54.4 Å². The first-order valence-electron chi connectivity index (χ1n) is 43.1. The molecular formula is C91H102N30O5. The summed E-state index contributed by atoms with van der Waals surface area (Å²) < 4.78 is 20.1. The Balaban J connectivity index is 0.000000114. The molecule has 0 aliphatic carbocycles. The highest BCUT2D eigenvalue weighted by Crippen LogP contribution is 2.42. The second-order valence-electron chi connectivity index (χ2n) is 33.4. The van der Waals surface area contributed by atoms with E-state index < -0.39 is 0 Å². The Hall–Kier alpha value is -14.3. The molecule has 21 heterocycles. The van der Waals surface area contributed by atoms with Crippen molar-refractivity contribution in [3.05, 3.63) is 174 Å². The molecule has 0 aromatic carbocycles. The van der Waals surface area contributed by atoms with Crippen LogP contribution in [-0.2, 0) is 51.6 Å². The Kier molecular flexibility index (Phi) is 22.8. The summed E-state index contributed by atoms with van der Waals surface area (Å²) in [5.41, 5.74) is 23.7. The number of carbonyl (C=O) groups is 4. The highest BCUT2D eigenvalue weighted by molar-refractivity contribution is 6.07. The fraction of sp³-hybridized carbons (Fsp3) is 0.374. The van der Waals surface area contributed by atoms with Crippen molar-refractivity contribution in [2.45, 2.75) is 131 Å². The highest BCUT2D eigenvalue weighted by atomic mass is 16.5. The van der Waals surface area contributed by atoms with Crippen LogP contribution in [0, 0.1) is 34.3 Å². The van der Waals surface area contributed by atoms with E-state index in [0.717, 1.165) is 248 Å². The molecule has 16 aromatic rings. The number of piperidine rings is 1. The molecule has 0 atom stereocenters. The molecule has 21 rings (SSSR count). The zero-order valence-electron chi connectivity index (χ0n) is 72.8. The Labute approximate surface area is 726 Å². The normalized spacial score (nSPS) is 15.4. The van der Waals surface area contributed by atoms with Gasteiger partial charge in [0, 0.05) is 293 Å². The van der Waals surface area contributed by atoms with Gasteiger partial charge in [0.1, 0.15) is 22.6 Å². The Bertz CT molecular complexity index is 6860. The molecular weight excluding hydrogens is 1590 g/mol. The number of hydrogen-bond acceptors (Lipinski definition) is 18. The van der Waals surface area contributed by atoms with Crippen molar-refractivity contribution >= 4 is 73.6 Å². The number of pyridine rings is 4. The summed E-state index contributed by atoms with van der Waals surface area (Å²) in [7, 11) is 12.5. The number of aromatic amines is 4. The fourth-order valence-corrected chi connectivity index (χ4v) is 17.7. The number of aryl methyl sites for hydroxylation is 10. The van der Waals surface area contributed by atoms with Crippen LogP contribution < -0.4 is 5.32 Å². The van der Waals surface area contributed by atoms with Gasteiger partial charge in [0.15, 0.2) is 22.8 Å². The van der Waals surface area contributed by atoms with E-state index in [1.54, 1.807) is 68.8 Å². The first-order chi connectivity index (χ1) is 61.1. The van der Waals surface area contributed by atoms with Crippen LogP contribution in [0.25, 0.3) is 138 Å². The average Bonchev–Trinajstić information content (AvgIpc) is 1.61. The highest BCUT2D eigenvalue weighted by Gasteiger charge is 2.32. The lowest BCUT2D eigenvalue weighted by atomic mass is 10.0. The SMILES string of the molecule is COCCn1cc2c(n1)C(=O)N(C)CCCCn1cc(c(C)n1)-c1c[nH]c3ncc-2cc13.Cc1nn2cc1-c1c[nH]c3ncc(cc13)-c1cn(C)nc1C(=O)N(C)CCCC2.Cc1nn2cc1-c1c[nH]c3ncc(cc13)-c1cn(C3CCNCC3)nc1C(=O)N(C)CCCC2.[C-]#[N+]c1c2c(nn1C)C(=O)N(C)CCCCn1cc(c(C)n1)-c1c[nH]c3ncc-2cc13. The second-order valence-corrected chi connectivity index (χ2v) is 33.4. The quantitative estimate of drug-likeness (QED) is 0.102. The maximum absolute atomic E-state index is 13.5. The van der Waals surface area contributed by atoms with Crippen molar-refractivity contribution in [2.75, 3.05) is 81.2 Å². The zero-order chi connectivity index (χ0) is 87.3. The topological polar surface area (TPSA) is 364 Å². The van der Waals surface area contributed by atoms with Crippen LogP contribution in [0.5, 0.6) is 0 Å². The number of nitrogens with zero attached hydrogens (tertiary/aromatic N) is 25. The number of fused-ring (bicyclic) bond motifs is 24. The van der Waals surface area contributed by atoms with Crippen LogP contribution in [0.1, 0.15) is 135 Å². The van der Waals surface area contributed by atoms with Gasteiger partial charge in [0.05, 0.1) is 49.0 Å². The lowest BCUT2D eigenvalue weighted by Gasteiger charge is -2.22. The minimum Gasteiger partial charge on any atom is -0.383 e. The maximum Gasteiger partial charge on any atom is 0.275 e. The number of ether oxygens (including phenoxy) is 1. The molecule has 16 bridgehead atoms. The van der Waals surface area contributed by atoms with Crippen molar-refractivity contribution in [2.24, 2.45) is 14.1 Å². The average molecular weight is 1700 g/mol. The van der Waals surface area contributed by atoms with E-state index in [4.69, 9.17) is 31.6 Å². The van der Waals surface area contributed by atoms with E-state index in [2.05, 4.69) is 120 Å². The lowest BCUT2D eigenvalue weighted by Crippen LogP contribution is -2.31. The molecule has 126 heavy (non-hydrogen) atoms. The Morgan fingerprint density at radius 2 is 0.746 bits per heavy atom. The van der Waals surface area contributed by atoms with Crippen molar-refractivity contribution < 1.29 is 23.9 Å². The van der Waals surface area contributed by atoms with Crippen LogP contribution in [0.4, 0.5) is 5.82 Å². The van der Waals surface area contributed by atoms with Gasteiger partial charge in [-0.3, -0.25) is 52.0 Å². The molecule has 0 unspecified atom stereocenters. The lowest BCUT2D eigenvalue weighted by molar-refractivity contribution is 0.0778. The summed E-state index contributed by atoms with van der Waals surface area (Å²) in [5.74, 6) is -0.0631. The molecule has 35 heteroatoms. The molecule has 5 aliphatic heterocycles. The molecule has 646 valence electrons. The van der Waals surface area contributed by atoms with E-state index in [-0.39, 0.29) is 29.3 Å². The first kappa shape index (κ1) is 82.7. The van der Waals surface area contributed by atoms with Gasteiger partial charge in [0.25, 0.3) is 29.4 Å². The molecule has 5 N–H and O–H groups in total. The maximum atomic E-state index is 13.5. The van der Waals surface area contributed by atoms with E-state index in [0.29, 0.717) is 79.4 Å². The largest absolute Gasteiger partial charge is 0.383 e. The number of nitrogens with one attached hydrogen (secondary N) is 5. The first-order valence-corrected chi connectivity index (χ1v) is 43.1. The van der Waals surface area contributed by atoms with Crippen molar-refractivity contribution in [3.63, 3.8) is 0 Å². The Morgan fingerprint density at radius 1 is 0.397 bits per heavy atom. The van der Waals surface area contributed by atoms with Gasteiger partial charge in [-0.1, -0.05) is 11.7 Å². The summed E-state index contributed by atoms with van der Waals surface area (Å²) in [6.45, 7) is 24.7. The molecule has 0 radical (unpaired) electrons. The number of hydrogen-bond donors (Lipinski definition) is 5. The molecule has 4 amide bonds. The molecule has 16 aromatic heterocycles. The number of amides is 4.